The maximum atomic E-state index is 11.7. The summed E-state index contributed by atoms with van der Waals surface area (Å²) in [4.78, 5) is 11.7. The Bertz CT molecular complexity index is 349. The van der Waals surface area contributed by atoms with Crippen LogP contribution >= 0.6 is 12.4 Å². The van der Waals surface area contributed by atoms with Gasteiger partial charge in [-0.25, -0.2) is 0 Å². The smallest absolute Gasteiger partial charge is 0.267 e. The number of likely N-dealkylation sites (N-methyl/N-ethyl adjacent to an activating group) is 1. The van der Waals surface area contributed by atoms with Crippen molar-refractivity contribution in [2.75, 3.05) is 13.6 Å². The van der Waals surface area contributed by atoms with E-state index in [1.165, 1.54) is 0 Å². The SMILES string of the molecule is CNC(C)CNC(=O)c1ccc(C)n1C.Cl. The number of hydrogen-bond acceptors (Lipinski definition) is 2. The predicted molar refractivity (Wildman–Crippen MR) is 68.3 cm³/mol. The summed E-state index contributed by atoms with van der Waals surface area (Å²) in [5, 5.41) is 5.95. The van der Waals surface area contributed by atoms with Gasteiger partial charge in [-0.15, -0.1) is 12.4 Å². The van der Waals surface area contributed by atoms with Crippen molar-refractivity contribution in [3.63, 3.8) is 0 Å². The van der Waals surface area contributed by atoms with Gasteiger partial charge in [0.15, 0.2) is 0 Å². The highest BCUT2D eigenvalue weighted by molar-refractivity contribution is 5.92. The zero-order valence-corrected chi connectivity index (χ0v) is 11.0. The summed E-state index contributed by atoms with van der Waals surface area (Å²) < 4.78 is 1.89. The molecule has 92 valence electrons. The third kappa shape index (κ3) is 3.54. The monoisotopic (exact) mass is 245 g/mol. The molecule has 1 aromatic rings. The van der Waals surface area contributed by atoms with E-state index in [0.717, 1.165) is 5.69 Å². The number of carbonyl (C=O) groups is 1. The first-order valence-corrected chi connectivity index (χ1v) is 5.14. The van der Waals surface area contributed by atoms with Crippen LogP contribution in [0.1, 0.15) is 23.1 Å². The number of nitrogens with zero attached hydrogens (tertiary/aromatic N) is 1. The van der Waals surface area contributed by atoms with Crippen LogP contribution in [0.25, 0.3) is 0 Å². The summed E-state index contributed by atoms with van der Waals surface area (Å²) in [6, 6.07) is 4.07. The zero-order chi connectivity index (χ0) is 11.4. The fourth-order valence-electron chi connectivity index (χ4n) is 1.28. The highest BCUT2D eigenvalue weighted by atomic mass is 35.5. The quantitative estimate of drug-likeness (QED) is 0.834. The van der Waals surface area contributed by atoms with Crippen LogP contribution in [0.5, 0.6) is 0 Å². The van der Waals surface area contributed by atoms with E-state index >= 15 is 0 Å². The van der Waals surface area contributed by atoms with Gasteiger partial charge in [-0.3, -0.25) is 4.79 Å². The van der Waals surface area contributed by atoms with Gasteiger partial charge in [-0.1, -0.05) is 0 Å². The second-order valence-corrected chi connectivity index (χ2v) is 3.82. The standard InChI is InChI=1S/C11H19N3O.ClH/c1-8(12-3)7-13-11(15)10-6-5-9(2)14(10)4;/h5-6,8,12H,7H2,1-4H3,(H,13,15);1H. The number of nitrogens with one attached hydrogen (secondary N) is 2. The molecule has 0 bridgehead atoms. The van der Waals surface area contributed by atoms with Gasteiger partial charge in [0.25, 0.3) is 5.91 Å². The minimum Gasteiger partial charge on any atom is -0.349 e. The number of amides is 1. The highest BCUT2D eigenvalue weighted by Crippen LogP contribution is 2.05. The van der Waals surface area contributed by atoms with Crippen molar-refractivity contribution in [3.8, 4) is 0 Å². The Morgan fingerprint density at radius 3 is 2.56 bits per heavy atom. The molecule has 0 aliphatic carbocycles. The molecule has 1 unspecified atom stereocenters. The minimum atomic E-state index is -0.0206. The van der Waals surface area contributed by atoms with Crippen molar-refractivity contribution in [2.45, 2.75) is 19.9 Å². The molecule has 0 spiro atoms. The molecule has 0 radical (unpaired) electrons. The van der Waals surface area contributed by atoms with Crippen LogP contribution in [0.15, 0.2) is 12.1 Å². The largest absolute Gasteiger partial charge is 0.349 e. The summed E-state index contributed by atoms with van der Waals surface area (Å²) in [6.45, 7) is 4.64. The van der Waals surface area contributed by atoms with Crippen molar-refractivity contribution in [3.05, 3.63) is 23.5 Å². The van der Waals surface area contributed by atoms with Gasteiger partial charge in [-0.2, -0.15) is 0 Å². The Morgan fingerprint density at radius 1 is 1.50 bits per heavy atom. The van der Waals surface area contributed by atoms with Gasteiger partial charge < -0.3 is 15.2 Å². The number of carbonyl (C=O) groups excluding carboxylic acids is 1. The number of halogens is 1. The van der Waals surface area contributed by atoms with Crippen LogP contribution in [0.4, 0.5) is 0 Å². The van der Waals surface area contributed by atoms with Crippen LogP contribution in [-0.4, -0.2) is 30.1 Å². The highest BCUT2D eigenvalue weighted by Gasteiger charge is 2.10. The first kappa shape index (κ1) is 15.0. The number of hydrogen-bond donors (Lipinski definition) is 2. The predicted octanol–water partition coefficient (Wildman–Crippen LogP) is 1.09. The lowest BCUT2D eigenvalue weighted by molar-refractivity contribution is 0.0942. The second kappa shape index (κ2) is 6.55. The van der Waals surface area contributed by atoms with Crippen molar-refractivity contribution in [1.82, 2.24) is 15.2 Å². The second-order valence-electron chi connectivity index (χ2n) is 3.82. The molecule has 0 aliphatic heterocycles. The van der Waals surface area contributed by atoms with Gasteiger partial charge in [-0.05, 0) is 33.0 Å². The summed E-state index contributed by atoms with van der Waals surface area (Å²) in [5.74, 6) is -0.0206. The van der Waals surface area contributed by atoms with E-state index in [4.69, 9.17) is 0 Å². The van der Waals surface area contributed by atoms with Crippen molar-refractivity contribution < 1.29 is 4.79 Å². The average Bonchev–Trinajstić information content (AvgIpc) is 2.56. The molecular weight excluding hydrogens is 226 g/mol. The average molecular weight is 246 g/mol. The third-order valence-corrected chi connectivity index (χ3v) is 2.67. The lowest BCUT2D eigenvalue weighted by atomic mass is 10.3. The molecule has 0 saturated carbocycles. The van der Waals surface area contributed by atoms with E-state index in [2.05, 4.69) is 10.6 Å². The summed E-state index contributed by atoms with van der Waals surface area (Å²) in [5.41, 5.74) is 1.79. The third-order valence-electron chi connectivity index (χ3n) is 2.67. The van der Waals surface area contributed by atoms with Crippen molar-refractivity contribution in [1.29, 1.82) is 0 Å². The Morgan fingerprint density at radius 2 is 2.12 bits per heavy atom. The maximum absolute atomic E-state index is 11.7. The molecule has 0 aromatic carbocycles. The molecule has 4 nitrogen and oxygen atoms in total. The van der Waals surface area contributed by atoms with E-state index in [1.807, 2.05) is 44.6 Å². The van der Waals surface area contributed by atoms with Gasteiger partial charge in [0.1, 0.15) is 5.69 Å². The molecule has 1 atom stereocenters. The molecule has 5 heteroatoms. The zero-order valence-electron chi connectivity index (χ0n) is 10.2. The maximum Gasteiger partial charge on any atom is 0.267 e. The molecular formula is C11H20ClN3O. The van der Waals surface area contributed by atoms with E-state index < -0.39 is 0 Å². The van der Waals surface area contributed by atoms with E-state index in [1.54, 1.807) is 0 Å². The lowest BCUT2D eigenvalue weighted by Crippen LogP contribution is -2.37. The van der Waals surface area contributed by atoms with Gasteiger partial charge >= 0.3 is 0 Å². The summed E-state index contributed by atoms with van der Waals surface area (Å²) in [7, 11) is 3.77. The number of aromatic nitrogens is 1. The molecule has 0 fully saturated rings. The van der Waals surface area contributed by atoms with Crippen LogP contribution < -0.4 is 10.6 Å². The Kier molecular flexibility index (Phi) is 6.14. The first-order valence-electron chi connectivity index (χ1n) is 5.14. The molecule has 0 saturated heterocycles. The minimum absolute atomic E-state index is 0. The van der Waals surface area contributed by atoms with Gasteiger partial charge in [0.2, 0.25) is 0 Å². The van der Waals surface area contributed by atoms with E-state index in [9.17, 15) is 4.79 Å². The van der Waals surface area contributed by atoms with E-state index in [-0.39, 0.29) is 24.4 Å². The molecule has 0 aliphatic rings. The lowest BCUT2D eigenvalue weighted by Gasteiger charge is -2.11. The van der Waals surface area contributed by atoms with Crippen molar-refractivity contribution in [2.24, 2.45) is 7.05 Å². The number of rotatable bonds is 4. The molecule has 1 aromatic heterocycles. The topological polar surface area (TPSA) is 46.1 Å². The molecule has 16 heavy (non-hydrogen) atoms. The number of aryl methyl sites for hydroxylation is 1. The molecule has 1 rings (SSSR count). The van der Waals surface area contributed by atoms with Crippen LogP contribution in [0, 0.1) is 6.92 Å². The molecule has 1 amide bonds. The Balaban J connectivity index is 0.00000225. The first-order chi connectivity index (χ1) is 7.06. The van der Waals surface area contributed by atoms with Crippen LogP contribution in [-0.2, 0) is 7.05 Å². The fraction of sp³-hybridized carbons (Fsp3) is 0.545. The normalized spacial score (nSPS) is 11.8. The molecule has 2 N–H and O–H groups in total. The summed E-state index contributed by atoms with van der Waals surface area (Å²) >= 11 is 0. The van der Waals surface area contributed by atoms with Crippen molar-refractivity contribution >= 4 is 18.3 Å². The van der Waals surface area contributed by atoms with Gasteiger partial charge in [0, 0.05) is 25.3 Å². The van der Waals surface area contributed by atoms with Crippen LogP contribution in [0.3, 0.4) is 0 Å². The summed E-state index contributed by atoms with van der Waals surface area (Å²) in [6.07, 6.45) is 0. The van der Waals surface area contributed by atoms with E-state index in [0.29, 0.717) is 12.2 Å². The van der Waals surface area contributed by atoms with Crippen LogP contribution in [0.2, 0.25) is 0 Å². The Labute approximate surface area is 103 Å². The fourth-order valence-corrected chi connectivity index (χ4v) is 1.28. The van der Waals surface area contributed by atoms with Gasteiger partial charge in [0.05, 0.1) is 0 Å². The Hall–Kier alpha value is -1.00. The molecule has 1 heterocycles.